The minimum absolute atomic E-state index is 0. The van der Waals surface area contributed by atoms with Crippen LogP contribution in [0.15, 0.2) is 97.2 Å². The van der Waals surface area contributed by atoms with Gasteiger partial charge in [-0.15, -0.1) is 29.7 Å². The summed E-state index contributed by atoms with van der Waals surface area (Å²) in [6.45, 7) is -0.254. The maximum Gasteiger partial charge on any atom is 0.242 e. The predicted octanol–water partition coefficient (Wildman–Crippen LogP) is 7.13. The van der Waals surface area contributed by atoms with Crippen molar-refractivity contribution in [2.75, 3.05) is 18.0 Å². The van der Waals surface area contributed by atoms with Crippen molar-refractivity contribution in [3.8, 4) is 23.0 Å². The van der Waals surface area contributed by atoms with Gasteiger partial charge in [-0.2, -0.15) is 18.2 Å². The minimum Gasteiger partial charge on any atom is -0.510 e. The van der Waals surface area contributed by atoms with Gasteiger partial charge in [0.05, 0.1) is 22.1 Å². The van der Waals surface area contributed by atoms with Crippen LogP contribution in [0, 0.1) is 18.5 Å². The Morgan fingerprint density at radius 2 is 1.63 bits per heavy atom. The van der Waals surface area contributed by atoms with E-state index in [2.05, 4.69) is 58.3 Å². The normalized spacial score (nSPS) is 14.8. The van der Waals surface area contributed by atoms with Gasteiger partial charge in [0.2, 0.25) is 6.33 Å². The molecule has 7 aromatic rings. The first-order chi connectivity index (χ1) is 21.9. The number of nitrogens with zero attached hydrogens (tertiary/aromatic N) is 5. The van der Waals surface area contributed by atoms with E-state index in [0.29, 0.717) is 28.2 Å². The quantitative estimate of drug-likeness (QED) is 0.139. The number of para-hydroxylation sites is 3. The van der Waals surface area contributed by atoms with Gasteiger partial charge in [0.25, 0.3) is 0 Å². The van der Waals surface area contributed by atoms with Crippen LogP contribution >= 0.6 is 0 Å². The second kappa shape index (κ2) is 11.3. The van der Waals surface area contributed by atoms with Gasteiger partial charge in [-0.1, -0.05) is 53.7 Å². The van der Waals surface area contributed by atoms with Crippen LogP contribution < -0.4 is 14.2 Å². The third-order valence-electron chi connectivity index (χ3n) is 8.01. The molecule has 0 saturated carbocycles. The molecule has 0 amide bonds. The Balaban J connectivity index is 0.00000338. The second-order valence-electron chi connectivity index (χ2n) is 10.6. The molecule has 1 aliphatic heterocycles. The largest absolute Gasteiger partial charge is 0.510 e. The molecule has 0 bridgehead atoms. The number of ether oxygens (including phenoxy) is 1. The van der Waals surface area contributed by atoms with Crippen molar-refractivity contribution in [3.05, 3.63) is 116 Å². The van der Waals surface area contributed by atoms with Gasteiger partial charge in [0, 0.05) is 69.1 Å². The van der Waals surface area contributed by atoms with Gasteiger partial charge in [0.1, 0.15) is 5.82 Å². The Labute approximate surface area is 269 Å². The average molecular weight is 746 g/mol. The predicted molar refractivity (Wildman–Crippen MR) is 166 cm³/mol. The zero-order chi connectivity index (χ0) is 30.5. The number of benzene rings is 4. The molecule has 3 aromatic heterocycles. The SMILES string of the molecule is [2H]C([2H])([2H])[n+]1[c-]n(-c2[c-]c(Oc3[c-]c4c(cc3)c3ccccc3n4-c3cc(N4CCCCC4)ccn3)ccc2)c2ccccc21.[Pt]. The Bertz CT molecular complexity index is 2200. The van der Waals surface area contributed by atoms with E-state index < -0.39 is 6.98 Å². The van der Waals surface area contributed by atoms with Crippen LogP contribution in [0.4, 0.5) is 5.69 Å². The van der Waals surface area contributed by atoms with Crippen molar-refractivity contribution >= 4 is 38.5 Å². The standard InChI is InChI=1S/C36H29N5O.Pt/c1-38-25-40(34-15-6-5-14-33(34)38)27-10-9-11-28(22-27)42-29-16-17-31-30-12-3-4-13-32(30)41(35(31)24-29)36-23-26(18-19-37-36)39-20-7-2-8-21-39;/h3-6,9-19,23H,2,7-8,20-21H2,1H3;/q-2;/i1D3;. The summed E-state index contributed by atoms with van der Waals surface area (Å²) in [5.41, 5.74) is 4.98. The van der Waals surface area contributed by atoms with Crippen LogP contribution in [-0.4, -0.2) is 27.2 Å². The van der Waals surface area contributed by atoms with E-state index in [1.54, 1.807) is 10.6 Å². The fourth-order valence-corrected chi connectivity index (χ4v) is 6.03. The van der Waals surface area contributed by atoms with Crippen LogP contribution in [0.2, 0.25) is 0 Å². The molecule has 0 N–H and O–H groups in total. The molecule has 8 rings (SSSR count). The summed E-state index contributed by atoms with van der Waals surface area (Å²) in [4.78, 5) is 7.24. The Kier molecular flexibility index (Phi) is 6.35. The molecule has 4 aromatic carbocycles. The molecular weight excluding hydrogens is 714 g/mol. The molecule has 0 spiro atoms. The number of anilines is 1. The Morgan fingerprint density at radius 3 is 2.51 bits per heavy atom. The first-order valence-electron chi connectivity index (χ1n) is 15.8. The van der Waals surface area contributed by atoms with Gasteiger partial charge < -0.3 is 23.3 Å². The molecular formula is C36H29N5OPt-2. The summed E-state index contributed by atoms with van der Waals surface area (Å²) in [6.07, 6.45) is 8.57. The van der Waals surface area contributed by atoms with Crippen molar-refractivity contribution < 1.29 is 34.5 Å². The molecule has 0 unspecified atom stereocenters. The van der Waals surface area contributed by atoms with Gasteiger partial charge in [-0.3, -0.25) is 0 Å². The van der Waals surface area contributed by atoms with Crippen molar-refractivity contribution in [1.29, 1.82) is 0 Å². The van der Waals surface area contributed by atoms with E-state index in [1.165, 1.54) is 29.5 Å². The number of fused-ring (bicyclic) bond motifs is 4. The summed E-state index contributed by atoms with van der Waals surface area (Å²) in [6, 6.07) is 36.2. The molecule has 1 aliphatic rings. The summed E-state index contributed by atoms with van der Waals surface area (Å²) in [5, 5.41) is 2.18. The van der Waals surface area contributed by atoms with Crippen LogP contribution in [0.1, 0.15) is 23.4 Å². The van der Waals surface area contributed by atoms with Crippen molar-refractivity contribution in [2.45, 2.75) is 19.3 Å². The smallest absolute Gasteiger partial charge is 0.242 e. The van der Waals surface area contributed by atoms with E-state index in [4.69, 9.17) is 13.8 Å². The number of imidazole rings is 1. The van der Waals surface area contributed by atoms with E-state index in [9.17, 15) is 0 Å². The first kappa shape index (κ1) is 24.1. The summed E-state index contributed by atoms with van der Waals surface area (Å²) >= 11 is 0. The number of aryl methyl sites for hydroxylation is 1. The first-order valence-corrected chi connectivity index (χ1v) is 14.3. The molecule has 216 valence electrons. The molecule has 1 saturated heterocycles. The number of piperidine rings is 1. The number of hydrogen-bond acceptors (Lipinski definition) is 3. The van der Waals surface area contributed by atoms with Crippen molar-refractivity contribution in [3.63, 3.8) is 0 Å². The third kappa shape index (κ3) is 4.90. The van der Waals surface area contributed by atoms with Crippen molar-refractivity contribution in [1.82, 2.24) is 14.1 Å². The maximum absolute atomic E-state index is 7.97. The van der Waals surface area contributed by atoms with Crippen LogP contribution in [-0.2, 0) is 28.0 Å². The molecule has 1 fully saturated rings. The van der Waals surface area contributed by atoms with Gasteiger partial charge in [-0.05, 0) is 36.8 Å². The molecule has 7 heteroatoms. The Morgan fingerprint density at radius 1 is 0.814 bits per heavy atom. The number of pyridine rings is 1. The van der Waals surface area contributed by atoms with E-state index in [1.807, 2.05) is 60.8 Å². The summed E-state index contributed by atoms with van der Waals surface area (Å²) in [5.74, 6) is 1.84. The molecule has 0 atom stereocenters. The maximum atomic E-state index is 7.97. The summed E-state index contributed by atoms with van der Waals surface area (Å²) in [7, 11) is 0. The van der Waals surface area contributed by atoms with Gasteiger partial charge in [0.15, 0.2) is 0 Å². The second-order valence-corrected chi connectivity index (χ2v) is 10.6. The fraction of sp³-hybridized carbons (Fsp3) is 0.167. The molecule has 0 aliphatic carbocycles. The van der Waals surface area contributed by atoms with Crippen LogP contribution in [0.3, 0.4) is 0 Å². The topological polar surface area (TPSA) is 39.1 Å². The van der Waals surface area contributed by atoms with E-state index in [0.717, 1.165) is 40.7 Å². The van der Waals surface area contributed by atoms with Crippen LogP contribution in [0.25, 0.3) is 44.3 Å². The van der Waals surface area contributed by atoms with E-state index >= 15 is 0 Å². The molecule has 6 nitrogen and oxygen atoms in total. The molecule has 0 radical (unpaired) electrons. The van der Waals surface area contributed by atoms with Gasteiger partial charge in [-0.25, -0.2) is 4.98 Å². The van der Waals surface area contributed by atoms with Gasteiger partial charge >= 0.3 is 0 Å². The molecule has 4 heterocycles. The number of hydrogen-bond donors (Lipinski definition) is 0. The van der Waals surface area contributed by atoms with Crippen molar-refractivity contribution in [2.24, 2.45) is 6.98 Å². The van der Waals surface area contributed by atoms with E-state index in [-0.39, 0.29) is 21.1 Å². The number of rotatable bonds is 5. The average Bonchev–Trinajstić information content (AvgIpc) is 3.62. The monoisotopic (exact) mass is 745 g/mol. The fourth-order valence-electron chi connectivity index (χ4n) is 6.03. The zero-order valence-corrected chi connectivity index (χ0v) is 25.5. The third-order valence-corrected chi connectivity index (χ3v) is 8.01. The minimum atomic E-state index is -2.37. The summed E-state index contributed by atoms with van der Waals surface area (Å²) < 4.78 is 35.3. The molecule has 43 heavy (non-hydrogen) atoms. The Hall–Kier alpha value is -4.41. The zero-order valence-electron chi connectivity index (χ0n) is 26.2. The number of aromatic nitrogens is 4. The van der Waals surface area contributed by atoms with Crippen LogP contribution in [0.5, 0.6) is 11.5 Å².